The molecule has 0 radical (unpaired) electrons. The van der Waals surface area contributed by atoms with Gasteiger partial charge in [0.2, 0.25) is 15.0 Å². The first-order valence-corrected chi connectivity index (χ1v) is 12.4. The molecule has 0 bridgehead atoms. The lowest BCUT2D eigenvalue weighted by Crippen LogP contribution is -2.46. The lowest BCUT2D eigenvalue weighted by Gasteiger charge is -2.35. The highest BCUT2D eigenvalue weighted by molar-refractivity contribution is 7.90. The summed E-state index contributed by atoms with van der Waals surface area (Å²) in [5, 5.41) is 0.161. The van der Waals surface area contributed by atoms with Crippen LogP contribution in [0.2, 0.25) is 0 Å². The van der Waals surface area contributed by atoms with Crippen LogP contribution < -0.4 is 4.90 Å². The number of aryl methyl sites for hydroxylation is 1. The summed E-state index contributed by atoms with van der Waals surface area (Å²) in [4.78, 5) is 17.3. The summed E-state index contributed by atoms with van der Waals surface area (Å²) in [5.41, 5.74) is 2.20. The topological polar surface area (TPSA) is 84.2 Å². The van der Waals surface area contributed by atoms with E-state index in [1.54, 1.807) is 24.8 Å². The largest absolute Gasteiger partial charge is 0.353 e. The molecule has 31 heavy (non-hydrogen) atoms. The van der Waals surface area contributed by atoms with E-state index in [-0.39, 0.29) is 5.16 Å². The molecule has 1 fully saturated rings. The molecule has 3 aromatic rings. The predicted molar refractivity (Wildman–Crippen MR) is 120 cm³/mol. The van der Waals surface area contributed by atoms with E-state index in [1.165, 1.54) is 11.8 Å². The van der Waals surface area contributed by atoms with Crippen LogP contribution in [0, 0.1) is 0 Å². The lowest BCUT2D eigenvalue weighted by molar-refractivity contribution is 0.242. The number of imidazole rings is 1. The molecule has 0 amide bonds. The van der Waals surface area contributed by atoms with Gasteiger partial charge in [-0.1, -0.05) is 30.3 Å². The van der Waals surface area contributed by atoms with Gasteiger partial charge in [-0.3, -0.25) is 9.88 Å². The summed E-state index contributed by atoms with van der Waals surface area (Å²) in [6, 6.07) is 10.3. The molecule has 0 saturated carbocycles. The van der Waals surface area contributed by atoms with Crippen LogP contribution in [0.15, 0.2) is 60.3 Å². The maximum Gasteiger partial charge on any atom is 0.227 e. The van der Waals surface area contributed by atoms with Gasteiger partial charge in [-0.05, 0) is 18.4 Å². The molecule has 0 atom stereocenters. The fraction of sp³-hybridized carbons (Fsp3) is 0.409. The molecule has 0 spiro atoms. The first-order valence-electron chi connectivity index (χ1n) is 10.5. The minimum Gasteiger partial charge on any atom is -0.353 e. The Bertz CT molecular complexity index is 1080. The van der Waals surface area contributed by atoms with Gasteiger partial charge in [0.05, 0.1) is 18.1 Å². The van der Waals surface area contributed by atoms with Crippen LogP contribution in [0.3, 0.4) is 0 Å². The zero-order chi connectivity index (χ0) is 21.7. The van der Waals surface area contributed by atoms with E-state index < -0.39 is 9.84 Å². The van der Waals surface area contributed by atoms with Gasteiger partial charge >= 0.3 is 0 Å². The highest BCUT2D eigenvalue weighted by atomic mass is 32.2. The van der Waals surface area contributed by atoms with Gasteiger partial charge in [0.1, 0.15) is 5.82 Å². The standard InChI is InChI=1S/C22H28N6O2S/c1-31(29,30)22-25-16-20(28(22)11-5-8-19-6-3-2-4-7-19)18-26-12-14-27(15-13-26)21-17-23-9-10-24-21/h2-4,6-7,9-10,16-17H,5,8,11-15,18H2,1H3. The Morgan fingerprint density at radius 3 is 2.42 bits per heavy atom. The first kappa shape index (κ1) is 21.5. The molecule has 2 aromatic heterocycles. The number of sulfone groups is 1. The average Bonchev–Trinajstić information content (AvgIpc) is 3.18. The molecule has 0 N–H and O–H groups in total. The minimum absolute atomic E-state index is 0.161. The van der Waals surface area contributed by atoms with Crippen LogP contribution in [-0.4, -0.2) is 65.3 Å². The zero-order valence-electron chi connectivity index (χ0n) is 17.8. The summed E-state index contributed by atoms with van der Waals surface area (Å²) in [5.74, 6) is 0.896. The maximum absolute atomic E-state index is 12.3. The van der Waals surface area contributed by atoms with Crippen LogP contribution in [0.4, 0.5) is 5.82 Å². The van der Waals surface area contributed by atoms with Crippen molar-refractivity contribution in [3.63, 3.8) is 0 Å². The molecular weight excluding hydrogens is 412 g/mol. The van der Waals surface area contributed by atoms with E-state index in [2.05, 4.69) is 36.9 Å². The van der Waals surface area contributed by atoms with Crippen molar-refractivity contribution in [2.75, 3.05) is 37.3 Å². The fourth-order valence-electron chi connectivity index (χ4n) is 3.96. The van der Waals surface area contributed by atoms with Gasteiger partial charge in [-0.2, -0.15) is 0 Å². The molecule has 1 aromatic carbocycles. The Kier molecular flexibility index (Phi) is 6.62. The van der Waals surface area contributed by atoms with Crippen LogP contribution in [0.1, 0.15) is 17.7 Å². The molecule has 4 rings (SSSR count). The molecule has 0 unspecified atom stereocenters. The third-order valence-corrected chi connectivity index (χ3v) is 6.54. The monoisotopic (exact) mass is 440 g/mol. The quantitative estimate of drug-likeness (QED) is 0.530. The molecule has 1 saturated heterocycles. The predicted octanol–water partition coefficient (Wildman–Crippen LogP) is 2.03. The Morgan fingerprint density at radius 2 is 1.74 bits per heavy atom. The second-order valence-electron chi connectivity index (χ2n) is 7.87. The smallest absolute Gasteiger partial charge is 0.227 e. The number of aromatic nitrogens is 4. The number of rotatable bonds is 8. The van der Waals surface area contributed by atoms with Crippen LogP contribution in [-0.2, 0) is 29.3 Å². The Balaban J connectivity index is 1.41. The maximum atomic E-state index is 12.3. The van der Waals surface area contributed by atoms with Crippen molar-refractivity contribution in [1.29, 1.82) is 0 Å². The van der Waals surface area contributed by atoms with Crippen LogP contribution in [0.25, 0.3) is 0 Å². The van der Waals surface area contributed by atoms with Crippen molar-refractivity contribution in [3.05, 3.63) is 66.4 Å². The average molecular weight is 441 g/mol. The highest BCUT2D eigenvalue weighted by Gasteiger charge is 2.23. The fourth-order valence-corrected chi connectivity index (χ4v) is 4.81. The van der Waals surface area contributed by atoms with Crippen LogP contribution in [0.5, 0.6) is 0 Å². The Labute approximate surface area is 183 Å². The molecule has 164 valence electrons. The van der Waals surface area contributed by atoms with Gasteiger partial charge in [0.15, 0.2) is 0 Å². The van der Waals surface area contributed by atoms with Crippen LogP contribution >= 0.6 is 0 Å². The normalized spacial score (nSPS) is 15.3. The van der Waals surface area contributed by atoms with Crippen molar-refractivity contribution >= 4 is 15.7 Å². The molecule has 9 heteroatoms. The van der Waals surface area contributed by atoms with Gasteiger partial charge in [-0.25, -0.2) is 18.4 Å². The van der Waals surface area contributed by atoms with E-state index >= 15 is 0 Å². The molecule has 0 aliphatic carbocycles. The summed E-state index contributed by atoms with van der Waals surface area (Å²) in [6.07, 6.45) is 9.88. The molecule has 3 heterocycles. The number of hydrogen-bond acceptors (Lipinski definition) is 7. The summed E-state index contributed by atoms with van der Waals surface area (Å²) >= 11 is 0. The van der Waals surface area contributed by atoms with Crippen molar-refractivity contribution in [3.8, 4) is 0 Å². The van der Waals surface area contributed by atoms with E-state index in [1.807, 2.05) is 22.8 Å². The van der Waals surface area contributed by atoms with Gasteiger partial charge in [0, 0.05) is 57.9 Å². The third kappa shape index (κ3) is 5.48. The number of hydrogen-bond donors (Lipinski definition) is 0. The first-order chi connectivity index (χ1) is 15.0. The summed E-state index contributed by atoms with van der Waals surface area (Å²) in [7, 11) is -3.38. The van der Waals surface area contributed by atoms with E-state index in [4.69, 9.17) is 0 Å². The molecule has 8 nitrogen and oxygen atoms in total. The molecule has 1 aliphatic heterocycles. The van der Waals surface area contributed by atoms with Crippen molar-refractivity contribution in [1.82, 2.24) is 24.4 Å². The highest BCUT2D eigenvalue weighted by Crippen LogP contribution is 2.18. The van der Waals surface area contributed by atoms with Crippen molar-refractivity contribution in [2.45, 2.75) is 31.1 Å². The van der Waals surface area contributed by atoms with E-state index in [0.717, 1.165) is 50.5 Å². The second kappa shape index (κ2) is 9.57. The van der Waals surface area contributed by atoms with Gasteiger partial charge in [-0.15, -0.1) is 0 Å². The Hall–Kier alpha value is -2.78. The second-order valence-corrected chi connectivity index (χ2v) is 9.78. The SMILES string of the molecule is CS(=O)(=O)c1ncc(CN2CCN(c3cnccn3)CC2)n1CCCc1ccccc1. The molecule has 1 aliphatic rings. The number of nitrogens with zero attached hydrogens (tertiary/aromatic N) is 6. The van der Waals surface area contributed by atoms with Gasteiger partial charge in [0.25, 0.3) is 0 Å². The summed E-state index contributed by atoms with van der Waals surface area (Å²) < 4.78 is 26.4. The minimum atomic E-state index is -3.38. The van der Waals surface area contributed by atoms with E-state index in [0.29, 0.717) is 13.1 Å². The van der Waals surface area contributed by atoms with E-state index in [9.17, 15) is 8.42 Å². The lowest BCUT2D eigenvalue weighted by atomic mass is 10.1. The Morgan fingerprint density at radius 1 is 0.968 bits per heavy atom. The third-order valence-electron chi connectivity index (χ3n) is 5.55. The van der Waals surface area contributed by atoms with Crippen molar-refractivity contribution < 1.29 is 8.42 Å². The summed E-state index contributed by atoms with van der Waals surface area (Å²) in [6.45, 7) is 4.79. The van der Waals surface area contributed by atoms with Crippen molar-refractivity contribution in [2.24, 2.45) is 0 Å². The number of anilines is 1. The number of benzene rings is 1. The van der Waals surface area contributed by atoms with Gasteiger partial charge < -0.3 is 9.47 Å². The zero-order valence-corrected chi connectivity index (χ0v) is 18.6. The molecular formula is C22H28N6O2S. The number of piperazine rings is 1.